The van der Waals surface area contributed by atoms with Crippen molar-refractivity contribution in [2.75, 3.05) is 7.11 Å². The summed E-state index contributed by atoms with van der Waals surface area (Å²) in [5, 5.41) is 2.34. The van der Waals surface area contributed by atoms with Crippen LogP contribution in [0.2, 0.25) is 5.02 Å². The predicted molar refractivity (Wildman–Crippen MR) is 125 cm³/mol. The minimum atomic E-state index is -0.117. The minimum Gasteiger partial charge on any atom is -0.380 e. The lowest BCUT2D eigenvalue weighted by Gasteiger charge is -2.09. The number of fused-ring (bicyclic) bond motifs is 1. The second kappa shape index (κ2) is 10.0. The molecule has 4 rings (SSSR count). The molecule has 1 aromatic heterocycles. The summed E-state index contributed by atoms with van der Waals surface area (Å²) in [5.74, 6) is -0.117. The van der Waals surface area contributed by atoms with Crippen LogP contribution < -0.4 is 0 Å². The Bertz CT molecular complexity index is 1160. The summed E-state index contributed by atoms with van der Waals surface area (Å²) >= 11 is 5.94. The second-order valence-corrected chi connectivity index (χ2v) is 8.25. The van der Waals surface area contributed by atoms with E-state index in [1.165, 1.54) is 5.56 Å². The SMILES string of the molecule is COCc1ccc(CCc2ccc3c(F)c(CCc4ccc(Cl)cc4)ccc3c2)nc1. The van der Waals surface area contributed by atoms with Crippen LogP contribution in [-0.4, -0.2) is 12.1 Å². The number of pyridine rings is 1. The molecule has 2 nitrogen and oxygen atoms in total. The van der Waals surface area contributed by atoms with Gasteiger partial charge in [-0.2, -0.15) is 0 Å². The standard InChI is InChI=1S/C27H25ClFNO/c1-31-18-21-6-14-25(30-17-21)13-5-20-7-15-26-23(16-20)10-9-22(27(26)29)8-2-19-3-11-24(28)12-4-19/h3-4,6-7,9-12,14-17H,2,5,8,13,18H2,1H3. The molecule has 0 N–H and O–H groups in total. The van der Waals surface area contributed by atoms with Crippen LogP contribution in [0.4, 0.5) is 4.39 Å². The maximum absolute atomic E-state index is 15.1. The van der Waals surface area contributed by atoms with Gasteiger partial charge in [0.25, 0.3) is 0 Å². The maximum Gasteiger partial charge on any atom is 0.134 e. The van der Waals surface area contributed by atoms with Crippen molar-refractivity contribution in [2.24, 2.45) is 0 Å². The summed E-state index contributed by atoms with van der Waals surface area (Å²) in [6, 6.07) is 21.8. The van der Waals surface area contributed by atoms with Crippen molar-refractivity contribution in [3.8, 4) is 0 Å². The van der Waals surface area contributed by atoms with E-state index >= 15 is 4.39 Å². The fraction of sp³-hybridized carbons (Fsp3) is 0.222. The summed E-state index contributed by atoms with van der Waals surface area (Å²) in [4.78, 5) is 4.50. The third-order valence-electron chi connectivity index (χ3n) is 5.56. The first-order valence-corrected chi connectivity index (χ1v) is 10.9. The third-order valence-corrected chi connectivity index (χ3v) is 5.81. The Balaban J connectivity index is 1.43. The Labute approximate surface area is 187 Å². The molecule has 0 bridgehead atoms. The van der Waals surface area contributed by atoms with Gasteiger partial charge in [-0.05, 0) is 71.5 Å². The number of ether oxygens (including phenoxy) is 1. The van der Waals surface area contributed by atoms with Crippen LogP contribution in [0.3, 0.4) is 0 Å². The Hall–Kier alpha value is -2.75. The lowest BCUT2D eigenvalue weighted by molar-refractivity contribution is 0.184. The molecular weight excluding hydrogens is 409 g/mol. The van der Waals surface area contributed by atoms with E-state index < -0.39 is 0 Å². The second-order valence-electron chi connectivity index (χ2n) is 7.81. The number of nitrogens with zero attached hydrogens (tertiary/aromatic N) is 1. The first-order valence-electron chi connectivity index (χ1n) is 10.5. The topological polar surface area (TPSA) is 22.1 Å². The fourth-order valence-corrected chi connectivity index (χ4v) is 3.92. The van der Waals surface area contributed by atoms with E-state index in [1.807, 2.05) is 66.9 Å². The highest BCUT2D eigenvalue weighted by Crippen LogP contribution is 2.24. The van der Waals surface area contributed by atoms with Crippen LogP contribution in [-0.2, 0) is 37.0 Å². The van der Waals surface area contributed by atoms with Crippen LogP contribution in [0.25, 0.3) is 10.8 Å². The highest BCUT2D eigenvalue weighted by atomic mass is 35.5. The quantitative estimate of drug-likeness (QED) is 0.307. The number of methoxy groups -OCH3 is 1. The first kappa shape index (κ1) is 21.5. The molecule has 4 aromatic rings. The van der Waals surface area contributed by atoms with Gasteiger partial charge in [-0.15, -0.1) is 0 Å². The summed E-state index contributed by atoms with van der Waals surface area (Å²) in [7, 11) is 1.68. The Morgan fingerprint density at radius 2 is 1.55 bits per heavy atom. The Morgan fingerprint density at radius 1 is 0.806 bits per heavy atom. The van der Waals surface area contributed by atoms with Gasteiger partial charge in [-0.1, -0.05) is 60.1 Å². The zero-order chi connectivity index (χ0) is 21.6. The van der Waals surface area contributed by atoms with Gasteiger partial charge in [-0.25, -0.2) is 4.39 Å². The van der Waals surface area contributed by atoms with E-state index in [9.17, 15) is 0 Å². The van der Waals surface area contributed by atoms with Crippen molar-refractivity contribution in [2.45, 2.75) is 32.3 Å². The molecular formula is C27H25ClFNO. The maximum atomic E-state index is 15.1. The monoisotopic (exact) mass is 433 g/mol. The summed E-state index contributed by atoms with van der Waals surface area (Å²) in [6.45, 7) is 0.575. The minimum absolute atomic E-state index is 0.117. The van der Waals surface area contributed by atoms with Gasteiger partial charge in [0.1, 0.15) is 5.82 Å². The number of aryl methyl sites for hydroxylation is 4. The van der Waals surface area contributed by atoms with Crippen molar-refractivity contribution in [3.05, 3.63) is 112 Å². The predicted octanol–water partition coefficient (Wildman–Crippen LogP) is 6.74. The summed E-state index contributed by atoms with van der Waals surface area (Å²) < 4.78 is 20.2. The average molecular weight is 434 g/mol. The van der Waals surface area contributed by atoms with E-state index in [-0.39, 0.29) is 5.82 Å². The molecule has 0 aliphatic heterocycles. The lowest BCUT2D eigenvalue weighted by Crippen LogP contribution is -1.98. The highest BCUT2D eigenvalue weighted by Gasteiger charge is 2.09. The Morgan fingerprint density at radius 3 is 2.29 bits per heavy atom. The van der Waals surface area contributed by atoms with E-state index in [2.05, 4.69) is 11.1 Å². The number of benzene rings is 3. The van der Waals surface area contributed by atoms with Crippen molar-refractivity contribution in [1.29, 1.82) is 0 Å². The van der Waals surface area contributed by atoms with Gasteiger partial charge in [0.15, 0.2) is 0 Å². The first-order chi connectivity index (χ1) is 15.1. The molecule has 0 atom stereocenters. The van der Waals surface area contributed by atoms with E-state index in [4.69, 9.17) is 16.3 Å². The van der Waals surface area contributed by atoms with Crippen LogP contribution in [0.15, 0.2) is 72.9 Å². The van der Waals surface area contributed by atoms with Gasteiger partial charge >= 0.3 is 0 Å². The van der Waals surface area contributed by atoms with Crippen molar-refractivity contribution < 1.29 is 9.13 Å². The van der Waals surface area contributed by atoms with Gasteiger partial charge in [0.2, 0.25) is 0 Å². The molecule has 158 valence electrons. The summed E-state index contributed by atoms with van der Waals surface area (Å²) in [6.07, 6.45) is 5.02. The summed E-state index contributed by atoms with van der Waals surface area (Å²) in [5.41, 5.74) is 5.20. The lowest BCUT2D eigenvalue weighted by atomic mass is 9.98. The number of hydrogen-bond acceptors (Lipinski definition) is 2. The zero-order valence-corrected chi connectivity index (χ0v) is 18.3. The van der Waals surface area contributed by atoms with E-state index in [0.29, 0.717) is 18.4 Å². The number of rotatable bonds is 8. The van der Waals surface area contributed by atoms with E-state index in [0.717, 1.165) is 52.1 Å². The van der Waals surface area contributed by atoms with Gasteiger partial charge in [0, 0.05) is 29.4 Å². The average Bonchev–Trinajstić information content (AvgIpc) is 2.79. The molecule has 1 heterocycles. The number of aromatic nitrogens is 1. The molecule has 3 aromatic carbocycles. The normalized spacial score (nSPS) is 11.2. The van der Waals surface area contributed by atoms with E-state index in [1.54, 1.807) is 7.11 Å². The molecule has 0 spiro atoms. The molecule has 0 aliphatic rings. The van der Waals surface area contributed by atoms with Crippen LogP contribution in [0.5, 0.6) is 0 Å². The van der Waals surface area contributed by atoms with Crippen molar-refractivity contribution >= 4 is 22.4 Å². The number of halogens is 2. The molecule has 0 unspecified atom stereocenters. The fourth-order valence-electron chi connectivity index (χ4n) is 3.79. The molecule has 0 saturated carbocycles. The van der Waals surface area contributed by atoms with Crippen LogP contribution in [0.1, 0.15) is 27.9 Å². The molecule has 0 aliphatic carbocycles. The highest BCUT2D eigenvalue weighted by molar-refractivity contribution is 6.30. The van der Waals surface area contributed by atoms with Gasteiger partial charge in [-0.3, -0.25) is 4.98 Å². The Kier molecular flexibility index (Phi) is 6.96. The van der Waals surface area contributed by atoms with Crippen molar-refractivity contribution in [1.82, 2.24) is 4.98 Å². The molecule has 4 heteroatoms. The smallest absolute Gasteiger partial charge is 0.134 e. The largest absolute Gasteiger partial charge is 0.380 e. The van der Waals surface area contributed by atoms with Crippen molar-refractivity contribution in [3.63, 3.8) is 0 Å². The molecule has 0 radical (unpaired) electrons. The van der Waals surface area contributed by atoms with Crippen LogP contribution >= 0.6 is 11.6 Å². The van der Waals surface area contributed by atoms with Gasteiger partial charge in [0.05, 0.1) is 6.61 Å². The van der Waals surface area contributed by atoms with Crippen LogP contribution in [0, 0.1) is 5.82 Å². The third kappa shape index (κ3) is 5.49. The molecule has 0 amide bonds. The van der Waals surface area contributed by atoms with Gasteiger partial charge < -0.3 is 4.74 Å². The molecule has 0 fully saturated rings. The zero-order valence-electron chi connectivity index (χ0n) is 17.6. The molecule has 0 saturated heterocycles. The number of hydrogen-bond donors (Lipinski definition) is 0. The molecule has 31 heavy (non-hydrogen) atoms.